The molecule has 0 radical (unpaired) electrons. The lowest BCUT2D eigenvalue weighted by Gasteiger charge is -2.10. The molecule has 0 aliphatic carbocycles. The van der Waals surface area contributed by atoms with Gasteiger partial charge in [-0.05, 0) is 24.6 Å². The summed E-state index contributed by atoms with van der Waals surface area (Å²) in [5, 5.41) is 0. The molecule has 2 aromatic carbocycles. The van der Waals surface area contributed by atoms with Crippen LogP contribution in [0.3, 0.4) is 0 Å². The summed E-state index contributed by atoms with van der Waals surface area (Å²) in [4.78, 5) is 15.9. The molecule has 1 aliphatic rings. The van der Waals surface area contributed by atoms with E-state index >= 15 is 0 Å². The first-order valence-corrected chi connectivity index (χ1v) is 10.1. The Balaban J connectivity index is 1.53. The Hall–Kier alpha value is -2.97. The fourth-order valence-electron chi connectivity index (χ4n) is 3.01. The predicted octanol–water partition coefficient (Wildman–Crippen LogP) is 2.39. The topological polar surface area (TPSA) is 87.5 Å². The molecule has 1 aliphatic heterocycles. The van der Waals surface area contributed by atoms with Gasteiger partial charge in [-0.25, -0.2) is 0 Å². The quantitative estimate of drug-likeness (QED) is 0.613. The van der Waals surface area contributed by atoms with E-state index in [4.69, 9.17) is 8.92 Å². The number of rotatable bonds is 5. The number of fused-ring (bicyclic) bond motifs is 1. The fraction of sp³-hybridized carbons (Fsp3) is 0.200. The van der Waals surface area contributed by atoms with Gasteiger partial charge in [-0.2, -0.15) is 13.4 Å². The summed E-state index contributed by atoms with van der Waals surface area (Å²) in [7, 11) is -3.89. The molecule has 0 N–H and O–H groups in total. The average molecular weight is 398 g/mol. The maximum atomic E-state index is 12.4. The second-order valence-electron chi connectivity index (χ2n) is 6.53. The van der Waals surface area contributed by atoms with Crippen molar-refractivity contribution in [2.45, 2.75) is 24.5 Å². The van der Waals surface area contributed by atoms with Crippen molar-refractivity contribution in [3.8, 4) is 17.3 Å². The fourth-order valence-corrected chi connectivity index (χ4v) is 3.95. The van der Waals surface area contributed by atoms with Gasteiger partial charge >= 0.3 is 6.01 Å². The normalized spacial score (nSPS) is 15.8. The van der Waals surface area contributed by atoms with E-state index in [1.54, 1.807) is 16.7 Å². The lowest BCUT2D eigenvalue weighted by atomic mass is 10.1. The number of benzene rings is 2. The third kappa shape index (κ3) is 3.69. The van der Waals surface area contributed by atoms with Crippen molar-refractivity contribution in [2.75, 3.05) is 6.61 Å². The van der Waals surface area contributed by atoms with Crippen LogP contribution in [0.4, 0.5) is 0 Å². The minimum atomic E-state index is -3.89. The summed E-state index contributed by atoms with van der Waals surface area (Å²) in [6, 6.07) is 17.4. The number of nitrogens with zero attached hydrogens (tertiary/aromatic N) is 2. The molecule has 28 heavy (non-hydrogen) atoms. The van der Waals surface area contributed by atoms with Crippen LogP contribution in [-0.2, 0) is 20.8 Å². The molecule has 0 bridgehead atoms. The first kappa shape index (κ1) is 18.4. The molecule has 0 fully saturated rings. The Morgan fingerprint density at radius 3 is 2.57 bits per heavy atom. The second-order valence-corrected chi connectivity index (χ2v) is 8.15. The molecule has 0 amide bonds. The van der Waals surface area contributed by atoms with E-state index in [2.05, 4.69) is 4.98 Å². The highest BCUT2D eigenvalue weighted by Crippen LogP contribution is 2.27. The molecule has 144 valence electrons. The Bertz CT molecular complexity index is 1160. The zero-order valence-corrected chi connectivity index (χ0v) is 15.9. The maximum Gasteiger partial charge on any atom is 0.300 e. The molecule has 2 heterocycles. The van der Waals surface area contributed by atoms with Crippen molar-refractivity contribution in [1.82, 2.24) is 9.55 Å². The smallest absolute Gasteiger partial charge is 0.300 e. The van der Waals surface area contributed by atoms with Gasteiger partial charge in [0.15, 0.2) is 0 Å². The highest BCUT2D eigenvalue weighted by molar-refractivity contribution is 7.86. The molecular weight excluding hydrogens is 380 g/mol. The minimum Gasteiger partial charge on any atom is -0.457 e. The lowest BCUT2D eigenvalue weighted by Crippen LogP contribution is -2.24. The van der Waals surface area contributed by atoms with Gasteiger partial charge in [0.2, 0.25) is 0 Å². The number of ether oxygens (including phenoxy) is 1. The van der Waals surface area contributed by atoms with Crippen LogP contribution < -0.4 is 10.3 Å². The molecule has 4 rings (SSSR count). The van der Waals surface area contributed by atoms with Crippen molar-refractivity contribution < 1.29 is 17.3 Å². The minimum absolute atomic E-state index is 0.0891. The summed E-state index contributed by atoms with van der Waals surface area (Å²) in [5.74, 6) is 0. The van der Waals surface area contributed by atoms with Crippen LogP contribution >= 0.6 is 0 Å². The highest BCUT2D eigenvalue weighted by Gasteiger charge is 2.28. The Labute approximate surface area is 162 Å². The molecule has 0 unspecified atom stereocenters. The van der Waals surface area contributed by atoms with Gasteiger partial charge < -0.3 is 4.74 Å². The van der Waals surface area contributed by atoms with E-state index in [9.17, 15) is 13.2 Å². The van der Waals surface area contributed by atoms with E-state index in [1.807, 2.05) is 37.3 Å². The number of aryl methyl sites for hydroxylation is 1. The number of hydrogen-bond donors (Lipinski definition) is 0. The zero-order chi connectivity index (χ0) is 19.7. The molecule has 1 atom stereocenters. The van der Waals surface area contributed by atoms with Crippen molar-refractivity contribution in [3.05, 3.63) is 76.6 Å². The molecule has 8 heteroatoms. The largest absolute Gasteiger partial charge is 0.457 e. The van der Waals surface area contributed by atoms with Gasteiger partial charge in [-0.1, -0.05) is 48.0 Å². The average Bonchev–Trinajstić information content (AvgIpc) is 3.10. The van der Waals surface area contributed by atoms with E-state index in [0.29, 0.717) is 12.2 Å². The maximum absolute atomic E-state index is 12.4. The van der Waals surface area contributed by atoms with Crippen LogP contribution in [0.1, 0.15) is 5.56 Å². The SMILES string of the molecule is Cc1ccc(S(=O)(=O)OC[C@@H]2Cn3c(-c4ccccc4)cc(=O)nc3O2)cc1. The van der Waals surface area contributed by atoms with Crippen molar-refractivity contribution in [1.29, 1.82) is 0 Å². The van der Waals surface area contributed by atoms with Gasteiger partial charge in [0.1, 0.15) is 12.7 Å². The van der Waals surface area contributed by atoms with E-state index < -0.39 is 21.8 Å². The molecule has 0 saturated carbocycles. The highest BCUT2D eigenvalue weighted by atomic mass is 32.2. The standard InChI is InChI=1S/C20H18N2O5S/c1-14-7-9-17(10-8-14)28(24,25)26-13-16-12-22-18(15-5-3-2-4-6-15)11-19(23)21-20(22)27-16/h2-11,16H,12-13H2,1H3/t16-/m0/s1. The monoisotopic (exact) mass is 398 g/mol. The van der Waals surface area contributed by atoms with Crippen LogP contribution in [0, 0.1) is 6.92 Å². The van der Waals surface area contributed by atoms with Gasteiger partial charge in [-0.15, -0.1) is 0 Å². The number of aromatic nitrogens is 2. The van der Waals surface area contributed by atoms with Gasteiger partial charge in [-0.3, -0.25) is 13.5 Å². The zero-order valence-electron chi connectivity index (χ0n) is 15.1. The lowest BCUT2D eigenvalue weighted by molar-refractivity contribution is 0.147. The van der Waals surface area contributed by atoms with Gasteiger partial charge in [0.05, 0.1) is 17.1 Å². The summed E-state index contributed by atoms with van der Waals surface area (Å²) < 4.78 is 37.3. The molecule has 0 spiro atoms. The summed E-state index contributed by atoms with van der Waals surface area (Å²) in [6.07, 6.45) is -0.572. The first-order chi connectivity index (χ1) is 13.4. The van der Waals surface area contributed by atoms with Gasteiger partial charge in [0, 0.05) is 6.07 Å². The van der Waals surface area contributed by atoms with Crippen LogP contribution in [0.5, 0.6) is 6.01 Å². The van der Waals surface area contributed by atoms with E-state index in [1.165, 1.54) is 18.2 Å². The van der Waals surface area contributed by atoms with Crippen molar-refractivity contribution >= 4 is 10.1 Å². The van der Waals surface area contributed by atoms with Gasteiger partial charge in [0.25, 0.3) is 15.7 Å². The Morgan fingerprint density at radius 1 is 1.14 bits per heavy atom. The van der Waals surface area contributed by atoms with E-state index in [0.717, 1.165) is 11.1 Å². The predicted molar refractivity (Wildman–Crippen MR) is 103 cm³/mol. The Morgan fingerprint density at radius 2 is 1.86 bits per heavy atom. The third-order valence-electron chi connectivity index (χ3n) is 4.43. The van der Waals surface area contributed by atoms with Crippen molar-refractivity contribution in [2.24, 2.45) is 0 Å². The van der Waals surface area contributed by atoms with Crippen molar-refractivity contribution in [3.63, 3.8) is 0 Å². The van der Waals surface area contributed by atoms with Crippen LogP contribution in [0.2, 0.25) is 0 Å². The third-order valence-corrected chi connectivity index (χ3v) is 5.73. The van der Waals surface area contributed by atoms with Crippen LogP contribution in [0.15, 0.2) is 70.4 Å². The van der Waals surface area contributed by atoms with E-state index in [-0.39, 0.29) is 17.5 Å². The summed E-state index contributed by atoms with van der Waals surface area (Å²) in [5.41, 5.74) is 2.05. The molecule has 0 saturated heterocycles. The Kier molecular flexibility index (Phi) is 4.74. The molecule has 1 aromatic heterocycles. The first-order valence-electron chi connectivity index (χ1n) is 8.72. The van der Waals surface area contributed by atoms with Crippen LogP contribution in [-0.4, -0.2) is 30.7 Å². The summed E-state index contributed by atoms with van der Waals surface area (Å²) in [6.45, 7) is 2.03. The van der Waals surface area contributed by atoms with Crippen LogP contribution in [0.25, 0.3) is 11.3 Å². The second kappa shape index (κ2) is 7.21. The number of hydrogen-bond acceptors (Lipinski definition) is 6. The summed E-state index contributed by atoms with van der Waals surface area (Å²) >= 11 is 0. The molecule has 3 aromatic rings. The molecular formula is C20H18N2O5S. The molecule has 7 nitrogen and oxygen atoms in total.